The van der Waals surface area contributed by atoms with Gasteiger partial charge in [0.1, 0.15) is 0 Å². The van der Waals surface area contributed by atoms with E-state index >= 15 is 0 Å². The maximum absolute atomic E-state index is 13.1. The van der Waals surface area contributed by atoms with Gasteiger partial charge in [-0.25, -0.2) is 8.78 Å². The lowest BCUT2D eigenvalue weighted by molar-refractivity contribution is 0.509. The Hall–Kier alpha value is -2.31. The number of rotatable bonds is 4. The highest BCUT2D eigenvalue weighted by Crippen LogP contribution is 2.22. The topological polar surface area (TPSA) is 62.7 Å². The summed E-state index contributed by atoms with van der Waals surface area (Å²) in [5, 5.41) is 13.8. The zero-order chi connectivity index (χ0) is 14.7. The Balaban J connectivity index is 1.71. The fourth-order valence-corrected chi connectivity index (χ4v) is 2.41. The molecular weight excluding hydrogens is 276 g/mol. The smallest absolute Gasteiger partial charge is 0.249 e. The van der Waals surface area contributed by atoms with Crippen molar-refractivity contribution in [3.8, 4) is 0 Å². The van der Waals surface area contributed by atoms with Gasteiger partial charge in [0.2, 0.25) is 5.95 Å². The Bertz CT molecular complexity index is 629. The minimum absolute atomic E-state index is 0.240. The van der Waals surface area contributed by atoms with Crippen molar-refractivity contribution in [2.45, 2.75) is 31.7 Å². The molecule has 0 aliphatic heterocycles. The predicted molar refractivity (Wildman–Crippen MR) is 75.3 cm³/mol. The van der Waals surface area contributed by atoms with Crippen molar-refractivity contribution in [2.24, 2.45) is 0 Å². The van der Waals surface area contributed by atoms with Gasteiger partial charge in [-0.05, 0) is 25.0 Å². The first kappa shape index (κ1) is 13.7. The normalized spacial score (nSPS) is 15.1. The maximum atomic E-state index is 13.1. The van der Waals surface area contributed by atoms with E-state index in [0.29, 0.717) is 17.5 Å². The number of nitrogens with zero attached hydrogens (tertiary/aromatic N) is 3. The van der Waals surface area contributed by atoms with Crippen LogP contribution in [0.25, 0.3) is 0 Å². The van der Waals surface area contributed by atoms with Gasteiger partial charge >= 0.3 is 0 Å². The molecule has 1 aliphatic rings. The average Bonchev–Trinajstić information content (AvgIpc) is 2.96. The molecule has 110 valence electrons. The molecule has 0 atom stereocenters. The molecule has 2 N–H and O–H groups in total. The largest absolute Gasteiger partial charge is 0.366 e. The van der Waals surface area contributed by atoms with Crippen LogP contribution in [-0.4, -0.2) is 21.2 Å². The average molecular weight is 291 g/mol. The molecule has 1 aliphatic carbocycles. The van der Waals surface area contributed by atoms with Crippen LogP contribution in [0.4, 0.5) is 26.2 Å². The second-order valence-corrected chi connectivity index (χ2v) is 5.04. The van der Waals surface area contributed by atoms with Crippen molar-refractivity contribution >= 4 is 17.5 Å². The number of hydrogen-bond donors (Lipinski definition) is 2. The van der Waals surface area contributed by atoms with Gasteiger partial charge in [-0.15, -0.1) is 5.10 Å². The van der Waals surface area contributed by atoms with E-state index < -0.39 is 11.6 Å². The lowest BCUT2D eigenvalue weighted by atomic mass is 10.2. The van der Waals surface area contributed by atoms with Crippen molar-refractivity contribution in [2.75, 3.05) is 10.6 Å². The SMILES string of the molecule is Fc1ccc(Nc2nncc(NC3CCCC3)n2)cc1F. The molecule has 5 nitrogen and oxygen atoms in total. The standard InChI is InChI=1S/C14H15F2N5/c15-11-6-5-10(7-12(11)16)19-14-20-13(8-17-21-14)18-9-3-1-2-4-9/h5-9H,1-4H2,(H2,18,19,20,21). The van der Waals surface area contributed by atoms with Crippen molar-refractivity contribution in [3.05, 3.63) is 36.0 Å². The van der Waals surface area contributed by atoms with E-state index in [1.807, 2.05) is 0 Å². The molecule has 1 aromatic heterocycles. The van der Waals surface area contributed by atoms with E-state index in [-0.39, 0.29) is 5.95 Å². The number of hydrogen-bond acceptors (Lipinski definition) is 5. The molecule has 2 aromatic rings. The summed E-state index contributed by atoms with van der Waals surface area (Å²) in [7, 11) is 0. The minimum Gasteiger partial charge on any atom is -0.366 e. The van der Waals surface area contributed by atoms with Gasteiger partial charge in [-0.2, -0.15) is 10.1 Å². The summed E-state index contributed by atoms with van der Waals surface area (Å²) in [5.41, 5.74) is 0.369. The summed E-state index contributed by atoms with van der Waals surface area (Å²) >= 11 is 0. The summed E-state index contributed by atoms with van der Waals surface area (Å²) in [4.78, 5) is 4.27. The molecule has 0 unspecified atom stereocenters. The van der Waals surface area contributed by atoms with Crippen LogP contribution in [0.3, 0.4) is 0 Å². The fourth-order valence-electron chi connectivity index (χ4n) is 2.41. The van der Waals surface area contributed by atoms with Crippen LogP contribution >= 0.6 is 0 Å². The third kappa shape index (κ3) is 3.42. The minimum atomic E-state index is -0.923. The quantitative estimate of drug-likeness (QED) is 0.905. The molecule has 1 saturated carbocycles. The van der Waals surface area contributed by atoms with E-state index in [2.05, 4.69) is 25.8 Å². The summed E-state index contributed by atoms with van der Waals surface area (Å²) in [5.74, 6) is -0.949. The molecule has 1 fully saturated rings. The number of anilines is 3. The molecular formula is C14H15F2N5. The van der Waals surface area contributed by atoms with Gasteiger partial charge in [-0.1, -0.05) is 12.8 Å². The van der Waals surface area contributed by atoms with Crippen LogP contribution in [0, 0.1) is 11.6 Å². The van der Waals surface area contributed by atoms with Gasteiger partial charge in [0.15, 0.2) is 17.5 Å². The third-order valence-corrected chi connectivity index (χ3v) is 3.44. The molecule has 0 amide bonds. The van der Waals surface area contributed by atoms with E-state index in [4.69, 9.17) is 0 Å². The van der Waals surface area contributed by atoms with Gasteiger partial charge in [0.25, 0.3) is 0 Å². The third-order valence-electron chi connectivity index (χ3n) is 3.44. The van der Waals surface area contributed by atoms with Crippen LogP contribution in [0.2, 0.25) is 0 Å². The van der Waals surface area contributed by atoms with Gasteiger partial charge in [0.05, 0.1) is 6.20 Å². The van der Waals surface area contributed by atoms with Crippen LogP contribution < -0.4 is 10.6 Å². The molecule has 21 heavy (non-hydrogen) atoms. The Morgan fingerprint density at radius 3 is 2.67 bits per heavy atom. The number of benzene rings is 1. The van der Waals surface area contributed by atoms with Crippen LogP contribution in [-0.2, 0) is 0 Å². The monoisotopic (exact) mass is 291 g/mol. The van der Waals surface area contributed by atoms with E-state index in [0.717, 1.165) is 25.0 Å². The Morgan fingerprint density at radius 1 is 1.10 bits per heavy atom. The Morgan fingerprint density at radius 2 is 1.90 bits per heavy atom. The molecule has 3 rings (SSSR count). The first-order valence-corrected chi connectivity index (χ1v) is 6.89. The molecule has 0 spiro atoms. The molecule has 1 heterocycles. The predicted octanol–water partition coefficient (Wildman–Crippen LogP) is 3.25. The molecule has 0 radical (unpaired) electrons. The summed E-state index contributed by atoms with van der Waals surface area (Å²) in [6, 6.07) is 3.93. The summed E-state index contributed by atoms with van der Waals surface area (Å²) < 4.78 is 26.0. The van der Waals surface area contributed by atoms with Crippen LogP contribution in [0.1, 0.15) is 25.7 Å². The van der Waals surface area contributed by atoms with Crippen molar-refractivity contribution in [1.29, 1.82) is 0 Å². The zero-order valence-corrected chi connectivity index (χ0v) is 11.3. The molecule has 0 saturated heterocycles. The van der Waals surface area contributed by atoms with Gasteiger partial charge in [-0.3, -0.25) is 0 Å². The van der Waals surface area contributed by atoms with Crippen molar-refractivity contribution in [1.82, 2.24) is 15.2 Å². The highest BCUT2D eigenvalue weighted by molar-refractivity contribution is 5.54. The second-order valence-electron chi connectivity index (χ2n) is 5.04. The first-order valence-electron chi connectivity index (χ1n) is 6.89. The van der Waals surface area contributed by atoms with Crippen LogP contribution in [0.15, 0.2) is 24.4 Å². The van der Waals surface area contributed by atoms with Crippen molar-refractivity contribution in [3.63, 3.8) is 0 Å². The lowest BCUT2D eigenvalue weighted by Crippen LogP contribution is -2.16. The van der Waals surface area contributed by atoms with E-state index in [1.54, 1.807) is 6.20 Å². The van der Waals surface area contributed by atoms with Crippen molar-refractivity contribution < 1.29 is 8.78 Å². The molecule has 7 heteroatoms. The van der Waals surface area contributed by atoms with Crippen LogP contribution in [0.5, 0.6) is 0 Å². The summed E-state index contributed by atoms with van der Waals surface area (Å²) in [6.45, 7) is 0. The summed E-state index contributed by atoms with van der Waals surface area (Å²) in [6.07, 6.45) is 6.23. The number of nitrogens with one attached hydrogen (secondary N) is 2. The fraction of sp³-hybridized carbons (Fsp3) is 0.357. The molecule has 1 aromatic carbocycles. The zero-order valence-electron chi connectivity index (χ0n) is 11.3. The lowest BCUT2D eigenvalue weighted by Gasteiger charge is -2.12. The van der Waals surface area contributed by atoms with E-state index in [9.17, 15) is 8.78 Å². The van der Waals surface area contributed by atoms with Gasteiger partial charge < -0.3 is 10.6 Å². The number of halogens is 2. The molecule has 0 bridgehead atoms. The second kappa shape index (κ2) is 5.99. The van der Waals surface area contributed by atoms with Gasteiger partial charge in [0, 0.05) is 17.8 Å². The first-order chi connectivity index (χ1) is 10.2. The van der Waals surface area contributed by atoms with E-state index in [1.165, 1.54) is 18.9 Å². The Kier molecular flexibility index (Phi) is 3.89. The Labute approximate surface area is 120 Å². The maximum Gasteiger partial charge on any atom is 0.249 e. The number of aromatic nitrogens is 3. The highest BCUT2D eigenvalue weighted by Gasteiger charge is 2.15. The highest BCUT2D eigenvalue weighted by atomic mass is 19.2.